The predicted octanol–water partition coefficient (Wildman–Crippen LogP) is 3.57. The summed E-state index contributed by atoms with van der Waals surface area (Å²) in [5.74, 6) is -1.58. The number of rotatable bonds is 6. The van der Waals surface area contributed by atoms with E-state index in [1.165, 1.54) is 6.07 Å². The summed E-state index contributed by atoms with van der Waals surface area (Å²) in [6.07, 6.45) is 3.52. The zero-order valence-corrected chi connectivity index (χ0v) is 13.6. The number of fused-ring (bicyclic) bond motifs is 1. The number of nitrogens with zero attached hydrogens (tertiary/aromatic N) is 1. The zero-order valence-electron chi connectivity index (χ0n) is 13.6. The Labute approximate surface area is 149 Å². The summed E-state index contributed by atoms with van der Waals surface area (Å²) in [4.78, 5) is 26.4. The maximum absolute atomic E-state index is 11.5. The molecule has 130 valence electrons. The molecule has 0 unspecified atom stereocenters. The van der Waals surface area contributed by atoms with Gasteiger partial charge in [-0.3, -0.25) is 0 Å². The van der Waals surface area contributed by atoms with E-state index >= 15 is 0 Å². The van der Waals surface area contributed by atoms with Gasteiger partial charge in [0, 0.05) is 5.39 Å². The topological polar surface area (TPSA) is 96.7 Å². The van der Waals surface area contributed by atoms with E-state index in [1.807, 2.05) is 6.07 Å². The molecule has 0 aliphatic carbocycles. The second kappa shape index (κ2) is 7.48. The highest BCUT2D eigenvalue weighted by Gasteiger charge is 2.10. The average molecular weight is 349 g/mol. The Morgan fingerprint density at radius 3 is 2.42 bits per heavy atom. The molecule has 2 N–H and O–H groups in total. The standard InChI is InChI=1S/C20H15NO5/c22-19(23)12-26-15-9-6-13(7-10-15)5-8-14-11-17(20(24)25)16-3-1-2-4-18(16)21-14/h1-11H,12H2,(H,22,23)(H,24,25). The highest BCUT2D eigenvalue weighted by atomic mass is 16.5. The largest absolute Gasteiger partial charge is 0.482 e. The van der Waals surface area contributed by atoms with Gasteiger partial charge in [-0.2, -0.15) is 0 Å². The fourth-order valence-corrected chi connectivity index (χ4v) is 2.46. The minimum Gasteiger partial charge on any atom is -0.482 e. The minimum atomic E-state index is -1.04. The molecule has 0 aliphatic rings. The summed E-state index contributed by atoms with van der Waals surface area (Å²) < 4.78 is 5.07. The molecule has 3 aromatic rings. The summed E-state index contributed by atoms with van der Waals surface area (Å²) in [5.41, 5.74) is 2.20. The number of hydrogen-bond donors (Lipinski definition) is 2. The summed E-state index contributed by atoms with van der Waals surface area (Å²) in [6.45, 7) is -0.395. The fourth-order valence-electron chi connectivity index (χ4n) is 2.46. The lowest BCUT2D eigenvalue weighted by atomic mass is 10.1. The van der Waals surface area contributed by atoms with Gasteiger partial charge in [0.25, 0.3) is 0 Å². The second-order valence-electron chi connectivity index (χ2n) is 5.50. The fraction of sp³-hybridized carbons (Fsp3) is 0.0500. The smallest absolute Gasteiger partial charge is 0.341 e. The van der Waals surface area contributed by atoms with Gasteiger partial charge in [-0.15, -0.1) is 0 Å². The van der Waals surface area contributed by atoms with Gasteiger partial charge < -0.3 is 14.9 Å². The monoisotopic (exact) mass is 349 g/mol. The maximum Gasteiger partial charge on any atom is 0.341 e. The molecule has 2 aromatic carbocycles. The molecule has 6 nitrogen and oxygen atoms in total. The number of carboxylic acid groups (broad SMARTS) is 2. The second-order valence-corrected chi connectivity index (χ2v) is 5.50. The molecular formula is C20H15NO5. The van der Waals surface area contributed by atoms with E-state index in [4.69, 9.17) is 9.84 Å². The van der Waals surface area contributed by atoms with E-state index in [-0.39, 0.29) is 5.56 Å². The summed E-state index contributed by atoms with van der Waals surface area (Å²) >= 11 is 0. The average Bonchev–Trinajstić information content (AvgIpc) is 2.64. The van der Waals surface area contributed by atoms with Crippen LogP contribution in [-0.4, -0.2) is 33.7 Å². The van der Waals surface area contributed by atoms with E-state index in [2.05, 4.69) is 4.98 Å². The quantitative estimate of drug-likeness (QED) is 0.706. The molecule has 1 heterocycles. The maximum atomic E-state index is 11.5. The van der Waals surface area contributed by atoms with Crippen LogP contribution < -0.4 is 4.74 Å². The van der Waals surface area contributed by atoms with Crippen LogP contribution in [0, 0.1) is 0 Å². The van der Waals surface area contributed by atoms with E-state index < -0.39 is 18.5 Å². The van der Waals surface area contributed by atoms with Crippen LogP contribution in [0.4, 0.5) is 0 Å². The van der Waals surface area contributed by atoms with Gasteiger partial charge in [0.2, 0.25) is 0 Å². The summed E-state index contributed by atoms with van der Waals surface area (Å²) in [6, 6.07) is 15.5. The number of para-hydroxylation sites is 1. The van der Waals surface area contributed by atoms with Gasteiger partial charge in [-0.05, 0) is 35.9 Å². The van der Waals surface area contributed by atoms with Crippen LogP contribution >= 0.6 is 0 Å². The van der Waals surface area contributed by atoms with Crippen LogP contribution in [0.3, 0.4) is 0 Å². The van der Waals surface area contributed by atoms with Crippen molar-refractivity contribution in [3.05, 3.63) is 71.4 Å². The van der Waals surface area contributed by atoms with E-state index in [9.17, 15) is 14.7 Å². The minimum absolute atomic E-state index is 0.202. The van der Waals surface area contributed by atoms with E-state index in [1.54, 1.807) is 54.6 Å². The molecule has 0 radical (unpaired) electrons. The van der Waals surface area contributed by atoms with Crippen molar-refractivity contribution >= 4 is 35.0 Å². The number of hydrogen-bond acceptors (Lipinski definition) is 4. The van der Waals surface area contributed by atoms with E-state index in [0.29, 0.717) is 22.3 Å². The van der Waals surface area contributed by atoms with E-state index in [0.717, 1.165) is 5.56 Å². The Bertz CT molecular complexity index is 993. The van der Waals surface area contributed by atoms with Gasteiger partial charge in [0.05, 0.1) is 16.8 Å². The highest BCUT2D eigenvalue weighted by molar-refractivity contribution is 6.03. The Hall–Kier alpha value is -3.67. The van der Waals surface area contributed by atoms with Crippen LogP contribution in [0.2, 0.25) is 0 Å². The third kappa shape index (κ3) is 4.05. The molecule has 3 rings (SSSR count). The first kappa shape index (κ1) is 17.2. The van der Waals surface area contributed by atoms with Crippen LogP contribution in [0.5, 0.6) is 5.75 Å². The van der Waals surface area contributed by atoms with Gasteiger partial charge >= 0.3 is 11.9 Å². The summed E-state index contributed by atoms with van der Waals surface area (Å²) in [7, 11) is 0. The lowest BCUT2D eigenvalue weighted by Gasteiger charge is -2.04. The normalized spacial score (nSPS) is 10.9. The van der Waals surface area contributed by atoms with Gasteiger partial charge in [0.1, 0.15) is 5.75 Å². The van der Waals surface area contributed by atoms with Crippen molar-refractivity contribution in [1.82, 2.24) is 4.98 Å². The lowest BCUT2D eigenvalue weighted by Crippen LogP contribution is -2.09. The molecule has 0 aliphatic heterocycles. The number of aliphatic carboxylic acids is 1. The molecule has 26 heavy (non-hydrogen) atoms. The lowest BCUT2D eigenvalue weighted by molar-refractivity contribution is -0.139. The van der Waals surface area contributed by atoms with Gasteiger partial charge in [0.15, 0.2) is 6.61 Å². The van der Waals surface area contributed by atoms with Crippen LogP contribution in [0.25, 0.3) is 23.1 Å². The number of pyridine rings is 1. The van der Waals surface area contributed by atoms with Gasteiger partial charge in [-0.1, -0.05) is 36.4 Å². The highest BCUT2D eigenvalue weighted by Crippen LogP contribution is 2.20. The zero-order chi connectivity index (χ0) is 18.5. The number of aromatic nitrogens is 1. The van der Waals surface area contributed by atoms with Crippen molar-refractivity contribution in [3.8, 4) is 5.75 Å². The first-order valence-corrected chi connectivity index (χ1v) is 7.79. The number of carbonyl (C=O) groups is 2. The molecule has 0 saturated carbocycles. The number of ether oxygens (including phenoxy) is 1. The number of benzene rings is 2. The summed E-state index contributed by atoms with van der Waals surface area (Å²) in [5, 5.41) is 18.6. The van der Waals surface area contributed by atoms with Crippen molar-refractivity contribution in [2.24, 2.45) is 0 Å². The van der Waals surface area contributed by atoms with Crippen LogP contribution in [0.15, 0.2) is 54.6 Å². The van der Waals surface area contributed by atoms with Crippen LogP contribution in [-0.2, 0) is 4.79 Å². The van der Waals surface area contributed by atoms with Crippen molar-refractivity contribution in [3.63, 3.8) is 0 Å². The molecule has 0 saturated heterocycles. The first-order valence-electron chi connectivity index (χ1n) is 7.79. The molecule has 0 fully saturated rings. The molecule has 0 spiro atoms. The molecule has 0 bridgehead atoms. The Morgan fingerprint density at radius 1 is 1.00 bits per heavy atom. The van der Waals surface area contributed by atoms with Crippen molar-refractivity contribution in [1.29, 1.82) is 0 Å². The number of carboxylic acids is 2. The Morgan fingerprint density at radius 2 is 1.73 bits per heavy atom. The Balaban J connectivity index is 1.84. The van der Waals surface area contributed by atoms with Gasteiger partial charge in [-0.25, -0.2) is 14.6 Å². The first-order chi connectivity index (χ1) is 12.5. The number of aromatic carboxylic acids is 1. The van der Waals surface area contributed by atoms with Crippen LogP contribution in [0.1, 0.15) is 21.6 Å². The molecule has 1 aromatic heterocycles. The molecule has 0 atom stereocenters. The van der Waals surface area contributed by atoms with Crippen molar-refractivity contribution < 1.29 is 24.5 Å². The molecule has 6 heteroatoms. The third-order valence-corrected chi connectivity index (χ3v) is 3.66. The SMILES string of the molecule is O=C(O)COc1ccc(C=Cc2cc(C(=O)O)c3ccccc3n2)cc1. The Kier molecular flexibility index (Phi) is 4.94. The van der Waals surface area contributed by atoms with Crippen molar-refractivity contribution in [2.75, 3.05) is 6.61 Å². The third-order valence-electron chi connectivity index (χ3n) is 3.66. The van der Waals surface area contributed by atoms with Crippen molar-refractivity contribution in [2.45, 2.75) is 0 Å². The molecule has 0 amide bonds. The molecular weight excluding hydrogens is 334 g/mol. The predicted molar refractivity (Wildman–Crippen MR) is 97.2 cm³/mol.